The summed E-state index contributed by atoms with van der Waals surface area (Å²) in [5.41, 5.74) is 0. The molecule has 0 saturated carbocycles. The van der Waals surface area contributed by atoms with E-state index in [2.05, 4.69) is 10.6 Å². The smallest absolute Gasteiger partial charge is 0.252 e. The SMILES string of the molecule is COCCNCC(=O)NC1CC(=O)N(C)C1=O. The Kier molecular flexibility index (Phi) is 5.05. The molecule has 3 amide bonds. The molecule has 1 fully saturated rings. The van der Waals surface area contributed by atoms with Crippen LogP contribution in [0, 0.1) is 0 Å². The molecule has 0 radical (unpaired) electrons. The number of carbonyl (C=O) groups excluding carboxylic acids is 3. The molecule has 1 aliphatic heterocycles. The third kappa shape index (κ3) is 3.79. The van der Waals surface area contributed by atoms with Crippen molar-refractivity contribution in [2.24, 2.45) is 0 Å². The summed E-state index contributed by atoms with van der Waals surface area (Å²) in [6, 6.07) is -0.718. The minimum absolute atomic E-state index is 0.0408. The van der Waals surface area contributed by atoms with Gasteiger partial charge in [0.25, 0.3) is 5.91 Å². The van der Waals surface area contributed by atoms with E-state index in [1.165, 1.54) is 7.05 Å². The van der Waals surface area contributed by atoms with Gasteiger partial charge in [-0.1, -0.05) is 0 Å². The van der Waals surface area contributed by atoms with Crippen molar-refractivity contribution in [1.82, 2.24) is 15.5 Å². The van der Waals surface area contributed by atoms with Gasteiger partial charge in [-0.15, -0.1) is 0 Å². The Balaban J connectivity index is 2.27. The average molecular weight is 243 g/mol. The van der Waals surface area contributed by atoms with Crippen LogP contribution in [0.1, 0.15) is 6.42 Å². The van der Waals surface area contributed by atoms with Crippen LogP contribution in [-0.2, 0) is 19.1 Å². The first-order chi connectivity index (χ1) is 8.06. The van der Waals surface area contributed by atoms with E-state index in [1.54, 1.807) is 7.11 Å². The van der Waals surface area contributed by atoms with Crippen molar-refractivity contribution in [3.63, 3.8) is 0 Å². The second kappa shape index (κ2) is 6.31. The molecule has 0 aliphatic carbocycles. The van der Waals surface area contributed by atoms with Crippen LogP contribution in [-0.4, -0.2) is 62.5 Å². The van der Waals surface area contributed by atoms with Crippen LogP contribution in [0.2, 0.25) is 0 Å². The maximum atomic E-state index is 11.5. The van der Waals surface area contributed by atoms with Crippen molar-refractivity contribution in [1.29, 1.82) is 0 Å². The summed E-state index contributed by atoms with van der Waals surface area (Å²) in [4.78, 5) is 35.1. The minimum Gasteiger partial charge on any atom is -0.383 e. The second-order valence-corrected chi connectivity index (χ2v) is 3.78. The molecule has 1 heterocycles. The zero-order valence-corrected chi connectivity index (χ0v) is 9.99. The highest BCUT2D eigenvalue weighted by Gasteiger charge is 2.36. The van der Waals surface area contributed by atoms with Crippen molar-refractivity contribution >= 4 is 17.7 Å². The summed E-state index contributed by atoms with van der Waals surface area (Å²) in [5.74, 6) is -0.935. The van der Waals surface area contributed by atoms with Crippen LogP contribution in [0.5, 0.6) is 0 Å². The molecule has 7 heteroatoms. The number of methoxy groups -OCH3 is 1. The Morgan fingerprint density at radius 2 is 2.24 bits per heavy atom. The maximum absolute atomic E-state index is 11.5. The molecule has 0 bridgehead atoms. The second-order valence-electron chi connectivity index (χ2n) is 3.78. The van der Waals surface area contributed by atoms with E-state index in [-0.39, 0.29) is 30.7 Å². The van der Waals surface area contributed by atoms with Crippen molar-refractivity contribution in [2.45, 2.75) is 12.5 Å². The summed E-state index contributed by atoms with van der Waals surface area (Å²) in [7, 11) is 2.98. The van der Waals surface area contributed by atoms with Gasteiger partial charge in [-0.3, -0.25) is 19.3 Å². The number of amides is 3. The summed E-state index contributed by atoms with van der Waals surface area (Å²) in [6.45, 7) is 1.17. The summed E-state index contributed by atoms with van der Waals surface area (Å²) < 4.78 is 4.80. The first-order valence-electron chi connectivity index (χ1n) is 5.35. The lowest BCUT2D eigenvalue weighted by Crippen LogP contribution is -2.44. The molecule has 96 valence electrons. The zero-order chi connectivity index (χ0) is 12.8. The van der Waals surface area contributed by atoms with Crippen LogP contribution in [0.25, 0.3) is 0 Å². The fraction of sp³-hybridized carbons (Fsp3) is 0.700. The van der Waals surface area contributed by atoms with Gasteiger partial charge in [0.05, 0.1) is 19.6 Å². The number of hydrogen-bond acceptors (Lipinski definition) is 5. The molecule has 0 spiro atoms. The van der Waals surface area contributed by atoms with E-state index in [9.17, 15) is 14.4 Å². The number of nitrogens with zero attached hydrogens (tertiary/aromatic N) is 1. The highest BCUT2D eigenvalue weighted by atomic mass is 16.5. The standard InChI is InChI=1S/C10H17N3O4/c1-13-9(15)5-7(10(13)16)12-8(14)6-11-3-4-17-2/h7,11H,3-6H2,1-2H3,(H,12,14). The minimum atomic E-state index is -0.718. The first-order valence-corrected chi connectivity index (χ1v) is 5.35. The van der Waals surface area contributed by atoms with Gasteiger partial charge >= 0.3 is 0 Å². The van der Waals surface area contributed by atoms with Gasteiger partial charge in [-0.25, -0.2) is 0 Å². The lowest BCUT2D eigenvalue weighted by Gasteiger charge is -2.11. The number of rotatable bonds is 6. The molecule has 0 aromatic carbocycles. The Hall–Kier alpha value is -1.47. The van der Waals surface area contributed by atoms with Crippen LogP contribution in [0.4, 0.5) is 0 Å². The van der Waals surface area contributed by atoms with Gasteiger partial charge in [0, 0.05) is 20.7 Å². The predicted molar refractivity (Wildman–Crippen MR) is 59.1 cm³/mol. The lowest BCUT2D eigenvalue weighted by molar-refractivity contribution is -0.138. The number of likely N-dealkylation sites (N-methyl/N-ethyl adjacent to an activating group) is 1. The van der Waals surface area contributed by atoms with E-state index >= 15 is 0 Å². The van der Waals surface area contributed by atoms with Crippen molar-refractivity contribution < 1.29 is 19.1 Å². The zero-order valence-electron chi connectivity index (χ0n) is 9.99. The molecule has 7 nitrogen and oxygen atoms in total. The molecule has 2 N–H and O–H groups in total. The van der Waals surface area contributed by atoms with Crippen molar-refractivity contribution in [3.05, 3.63) is 0 Å². The van der Waals surface area contributed by atoms with Crippen LogP contribution in [0.15, 0.2) is 0 Å². The monoisotopic (exact) mass is 243 g/mol. The Labute approximate surface area is 99.5 Å². The van der Waals surface area contributed by atoms with Crippen molar-refractivity contribution in [2.75, 3.05) is 33.9 Å². The summed E-state index contributed by atoms with van der Waals surface area (Å²) in [5, 5.41) is 5.36. The fourth-order valence-corrected chi connectivity index (χ4v) is 1.49. The maximum Gasteiger partial charge on any atom is 0.252 e. The summed E-state index contributed by atoms with van der Waals surface area (Å²) in [6.07, 6.45) is 0.0408. The highest BCUT2D eigenvalue weighted by molar-refractivity contribution is 6.06. The molecular formula is C10H17N3O4. The third-order valence-electron chi connectivity index (χ3n) is 2.49. The van der Waals surface area contributed by atoms with E-state index in [4.69, 9.17) is 4.74 Å². The molecule has 1 rings (SSSR count). The summed E-state index contributed by atoms with van der Waals surface area (Å²) >= 11 is 0. The Morgan fingerprint density at radius 3 is 2.76 bits per heavy atom. The molecule has 1 atom stereocenters. The topological polar surface area (TPSA) is 87.7 Å². The molecule has 1 unspecified atom stereocenters. The van der Waals surface area contributed by atoms with Gasteiger partial charge in [-0.2, -0.15) is 0 Å². The molecular weight excluding hydrogens is 226 g/mol. The number of imide groups is 1. The number of ether oxygens (including phenoxy) is 1. The van der Waals surface area contributed by atoms with Crippen LogP contribution < -0.4 is 10.6 Å². The van der Waals surface area contributed by atoms with Crippen molar-refractivity contribution in [3.8, 4) is 0 Å². The van der Waals surface area contributed by atoms with Gasteiger partial charge in [-0.05, 0) is 0 Å². The van der Waals surface area contributed by atoms with Gasteiger partial charge in [0.1, 0.15) is 6.04 Å². The highest BCUT2D eigenvalue weighted by Crippen LogP contribution is 2.09. The van der Waals surface area contributed by atoms with E-state index in [0.29, 0.717) is 13.2 Å². The largest absolute Gasteiger partial charge is 0.383 e. The number of nitrogens with one attached hydrogen (secondary N) is 2. The number of carbonyl (C=O) groups is 3. The van der Waals surface area contributed by atoms with Gasteiger partial charge in [0.15, 0.2) is 0 Å². The molecule has 0 aromatic rings. The van der Waals surface area contributed by atoms with Gasteiger partial charge in [0.2, 0.25) is 11.8 Å². The quantitative estimate of drug-likeness (QED) is 0.420. The molecule has 1 saturated heterocycles. The van der Waals surface area contributed by atoms with E-state index in [1.807, 2.05) is 0 Å². The lowest BCUT2D eigenvalue weighted by atomic mass is 10.2. The third-order valence-corrected chi connectivity index (χ3v) is 2.49. The Morgan fingerprint density at radius 1 is 1.53 bits per heavy atom. The molecule has 0 aromatic heterocycles. The molecule has 1 aliphatic rings. The van der Waals surface area contributed by atoms with Gasteiger partial charge < -0.3 is 15.4 Å². The fourth-order valence-electron chi connectivity index (χ4n) is 1.49. The predicted octanol–water partition coefficient (Wildman–Crippen LogP) is -1.90. The van der Waals surface area contributed by atoms with Crippen LogP contribution >= 0.6 is 0 Å². The molecule has 17 heavy (non-hydrogen) atoms. The number of hydrogen-bond donors (Lipinski definition) is 2. The number of likely N-dealkylation sites (tertiary alicyclic amines) is 1. The normalized spacial score (nSPS) is 19.9. The van der Waals surface area contributed by atoms with Crippen LogP contribution in [0.3, 0.4) is 0 Å². The average Bonchev–Trinajstić information content (AvgIpc) is 2.53. The van der Waals surface area contributed by atoms with E-state index in [0.717, 1.165) is 4.90 Å². The first kappa shape index (κ1) is 13.6. The Bertz CT molecular complexity index is 319. The van der Waals surface area contributed by atoms with E-state index < -0.39 is 6.04 Å².